The molecular formula is C17H17ClF2N2O2. The van der Waals surface area contributed by atoms with E-state index in [1.54, 1.807) is 25.1 Å². The Hall–Kier alpha value is -2.34. The number of methoxy groups -OCH3 is 1. The fourth-order valence-corrected chi connectivity index (χ4v) is 2.39. The maximum absolute atomic E-state index is 13.7. The van der Waals surface area contributed by atoms with Crippen molar-refractivity contribution in [3.63, 3.8) is 0 Å². The molecule has 1 unspecified atom stereocenters. The summed E-state index contributed by atoms with van der Waals surface area (Å²) in [5.41, 5.74) is 0.783. The Morgan fingerprint density at radius 2 is 2.00 bits per heavy atom. The molecule has 2 aromatic rings. The van der Waals surface area contributed by atoms with Crippen LogP contribution in [-0.2, 0) is 4.79 Å². The minimum Gasteiger partial charge on any atom is -0.495 e. The van der Waals surface area contributed by atoms with Crippen LogP contribution >= 0.6 is 11.6 Å². The lowest BCUT2D eigenvalue weighted by Gasteiger charge is -2.16. The molecule has 0 bridgehead atoms. The van der Waals surface area contributed by atoms with Gasteiger partial charge in [-0.15, -0.1) is 0 Å². The molecule has 0 aliphatic heterocycles. The highest BCUT2D eigenvalue weighted by Gasteiger charge is 2.14. The van der Waals surface area contributed by atoms with Gasteiger partial charge in [0.15, 0.2) is 0 Å². The molecule has 7 heteroatoms. The van der Waals surface area contributed by atoms with Crippen LogP contribution < -0.4 is 15.4 Å². The topological polar surface area (TPSA) is 50.4 Å². The maximum atomic E-state index is 13.7. The van der Waals surface area contributed by atoms with Crippen molar-refractivity contribution < 1.29 is 18.3 Å². The van der Waals surface area contributed by atoms with E-state index < -0.39 is 17.7 Å². The first-order valence-electron chi connectivity index (χ1n) is 7.22. The molecule has 0 aliphatic carbocycles. The maximum Gasteiger partial charge on any atom is 0.239 e. The van der Waals surface area contributed by atoms with Crippen LogP contribution in [0.4, 0.5) is 14.5 Å². The summed E-state index contributed by atoms with van der Waals surface area (Å²) in [6.45, 7) is 1.57. The number of benzene rings is 2. The summed E-state index contributed by atoms with van der Waals surface area (Å²) >= 11 is 5.92. The molecule has 4 nitrogen and oxygen atoms in total. The van der Waals surface area contributed by atoms with Crippen molar-refractivity contribution in [2.75, 3.05) is 19.0 Å². The van der Waals surface area contributed by atoms with Crippen molar-refractivity contribution in [2.24, 2.45) is 0 Å². The lowest BCUT2D eigenvalue weighted by molar-refractivity contribution is -0.120. The number of halogens is 3. The minimum absolute atomic E-state index is 0.0517. The molecule has 0 aliphatic rings. The fourth-order valence-electron chi connectivity index (χ4n) is 2.22. The van der Waals surface area contributed by atoms with Gasteiger partial charge in [-0.25, -0.2) is 8.78 Å². The van der Waals surface area contributed by atoms with Crippen molar-refractivity contribution in [3.8, 4) is 5.75 Å². The van der Waals surface area contributed by atoms with E-state index in [0.29, 0.717) is 16.5 Å². The third-order valence-electron chi connectivity index (χ3n) is 3.41. The molecule has 0 heterocycles. The first-order valence-corrected chi connectivity index (χ1v) is 7.60. The second-order valence-corrected chi connectivity index (χ2v) is 5.59. The zero-order valence-corrected chi connectivity index (χ0v) is 14.0. The average molecular weight is 355 g/mol. The number of amides is 1. The number of rotatable bonds is 6. The molecule has 2 N–H and O–H groups in total. The fraction of sp³-hybridized carbons (Fsp3) is 0.235. The Bertz CT molecular complexity index is 741. The van der Waals surface area contributed by atoms with Gasteiger partial charge in [-0.3, -0.25) is 4.79 Å². The molecule has 2 aromatic carbocycles. The van der Waals surface area contributed by atoms with E-state index >= 15 is 0 Å². The molecule has 1 amide bonds. The van der Waals surface area contributed by atoms with Crippen LogP contribution in [0.2, 0.25) is 5.02 Å². The monoisotopic (exact) mass is 354 g/mol. The Kier molecular flexibility index (Phi) is 5.98. The van der Waals surface area contributed by atoms with Crippen LogP contribution in [0.15, 0.2) is 36.4 Å². The summed E-state index contributed by atoms with van der Waals surface area (Å²) in [5, 5.41) is 6.05. The summed E-state index contributed by atoms with van der Waals surface area (Å²) in [7, 11) is 1.51. The summed E-state index contributed by atoms with van der Waals surface area (Å²) in [5.74, 6) is -1.17. The molecule has 0 spiro atoms. The Labute approximate surface area is 143 Å². The van der Waals surface area contributed by atoms with Crippen molar-refractivity contribution in [3.05, 3.63) is 58.6 Å². The number of ether oxygens (including phenoxy) is 1. The Balaban J connectivity index is 1.97. The van der Waals surface area contributed by atoms with Crippen LogP contribution in [0, 0.1) is 11.6 Å². The number of hydrogen-bond donors (Lipinski definition) is 2. The van der Waals surface area contributed by atoms with E-state index in [1.165, 1.54) is 13.2 Å². The van der Waals surface area contributed by atoms with E-state index in [2.05, 4.69) is 10.6 Å². The van der Waals surface area contributed by atoms with Gasteiger partial charge in [-0.1, -0.05) is 17.7 Å². The highest BCUT2D eigenvalue weighted by molar-refractivity contribution is 6.30. The van der Waals surface area contributed by atoms with Gasteiger partial charge in [0.25, 0.3) is 0 Å². The second-order valence-electron chi connectivity index (χ2n) is 5.15. The number of hydrogen-bond acceptors (Lipinski definition) is 3. The molecule has 2 rings (SSSR count). The Morgan fingerprint density at radius 3 is 2.67 bits per heavy atom. The summed E-state index contributed by atoms with van der Waals surface area (Å²) in [6, 6.07) is 7.63. The number of carbonyl (C=O) groups is 1. The predicted octanol–water partition coefficient (Wildman–Crippen LogP) is 3.92. The van der Waals surface area contributed by atoms with Gasteiger partial charge in [0.2, 0.25) is 5.91 Å². The average Bonchev–Trinajstić information content (AvgIpc) is 2.52. The Morgan fingerprint density at radius 1 is 1.25 bits per heavy atom. The number of carbonyl (C=O) groups excluding carboxylic acids is 1. The lowest BCUT2D eigenvalue weighted by Crippen LogP contribution is -2.32. The molecular weight excluding hydrogens is 338 g/mol. The van der Waals surface area contributed by atoms with Crippen LogP contribution in [0.25, 0.3) is 0 Å². The van der Waals surface area contributed by atoms with Crippen molar-refractivity contribution in [2.45, 2.75) is 13.0 Å². The summed E-state index contributed by atoms with van der Waals surface area (Å²) in [4.78, 5) is 12.0. The van der Waals surface area contributed by atoms with E-state index in [9.17, 15) is 13.6 Å². The van der Waals surface area contributed by atoms with Gasteiger partial charge in [0.1, 0.15) is 17.4 Å². The summed E-state index contributed by atoms with van der Waals surface area (Å²) in [6.07, 6.45) is 0. The molecule has 0 saturated heterocycles. The molecule has 0 radical (unpaired) electrons. The van der Waals surface area contributed by atoms with Crippen molar-refractivity contribution in [1.29, 1.82) is 0 Å². The molecule has 128 valence electrons. The first kappa shape index (κ1) is 18.0. The predicted molar refractivity (Wildman–Crippen MR) is 89.4 cm³/mol. The normalized spacial score (nSPS) is 11.7. The standard InChI is InChI=1S/C17H17ClF2N2O2/c1-10(13-5-4-12(19)8-14(13)20)22-17(23)9-21-15-7-11(18)3-6-16(15)24-2/h3-8,10,21H,9H2,1-2H3,(H,22,23). The van der Waals surface area contributed by atoms with E-state index in [-0.39, 0.29) is 18.0 Å². The van der Waals surface area contributed by atoms with E-state index in [4.69, 9.17) is 16.3 Å². The summed E-state index contributed by atoms with van der Waals surface area (Å²) < 4.78 is 31.8. The number of anilines is 1. The quantitative estimate of drug-likeness (QED) is 0.826. The first-order chi connectivity index (χ1) is 11.4. The van der Waals surface area contributed by atoms with Gasteiger partial charge in [-0.05, 0) is 31.2 Å². The van der Waals surface area contributed by atoms with E-state index in [0.717, 1.165) is 12.1 Å². The smallest absolute Gasteiger partial charge is 0.239 e. The van der Waals surface area contributed by atoms with Crippen LogP contribution in [0.3, 0.4) is 0 Å². The van der Waals surface area contributed by atoms with Gasteiger partial charge in [0, 0.05) is 16.7 Å². The number of nitrogens with one attached hydrogen (secondary N) is 2. The third-order valence-corrected chi connectivity index (χ3v) is 3.64. The van der Waals surface area contributed by atoms with Gasteiger partial charge >= 0.3 is 0 Å². The van der Waals surface area contributed by atoms with Crippen molar-refractivity contribution >= 4 is 23.2 Å². The highest BCUT2D eigenvalue weighted by Crippen LogP contribution is 2.27. The lowest BCUT2D eigenvalue weighted by atomic mass is 10.1. The SMILES string of the molecule is COc1ccc(Cl)cc1NCC(=O)NC(C)c1ccc(F)cc1F. The third kappa shape index (κ3) is 4.58. The van der Waals surface area contributed by atoms with Gasteiger partial charge < -0.3 is 15.4 Å². The van der Waals surface area contributed by atoms with Crippen molar-refractivity contribution in [1.82, 2.24) is 5.32 Å². The van der Waals surface area contributed by atoms with Crippen LogP contribution in [-0.4, -0.2) is 19.6 Å². The van der Waals surface area contributed by atoms with Crippen LogP contribution in [0.1, 0.15) is 18.5 Å². The van der Waals surface area contributed by atoms with E-state index in [1.807, 2.05) is 0 Å². The zero-order chi connectivity index (χ0) is 17.7. The minimum atomic E-state index is -0.702. The molecule has 0 aromatic heterocycles. The largest absolute Gasteiger partial charge is 0.495 e. The van der Waals surface area contributed by atoms with Crippen LogP contribution in [0.5, 0.6) is 5.75 Å². The molecule has 0 fully saturated rings. The second kappa shape index (κ2) is 7.97. The van der Waals surface area contributed by atoms with Gasteiger partial charge in [0.05, 0.1) is 25.4 Å². The van der Waals surface area contributed by atoms with Gasteiger partial charge in [-0.2, -0.15) is 0 Å². The molecule has 1 atom stereocenters. The highest BCUT2D eigenvalue weighted by atomic mass is 35.5. The zero-order valence-electron chi connectivity index (χ0n) is 13.2. The molecule has 0 saturated carbocycles. The molecule has 24 heavy (non-hydrogen) atoms.